The van der Waals surface area contributed by atoms with Crippen LogP contribution in [0.2, 0.25) is 0 Å². The summed E-state index contributed by atoms with van der Waals surface area (Å²) >= 11 is 1.38. The summed E-state index contributed by atoms with van der Waals surface area (Å²) in [6.45, 7) is 5.11. The lowest BCUT2D eigenvalue weighted by Crippen LogP contribution is -2.22. The van der Waals surface area contributed by atoms with Crippen LogP contribution in [0.1, 0.15) is 24.0 Å². The average molecular weight is 310 g/mol. The number of carbonyl (C=O) groups excluding carboxylic acids is 1. The fourth-order valence-electron chi connectivity index (χ4n) is 1.85. The van der Waals surface area contributed by atoms with E-state index in [0.717, 1.165) is 5.01 Å². The Hall–Kier alpha value is -1.80. The van der Waals surface area contributed by atoms with Gasteiger partial charge in [-0.3, -0.25) is 14.5 Å². The SMILES string of the molecule is CCOC(=O)CCN(C)Cc1nn2c(=O)cc(C)nc2s1. The van der Waals surface area contributed by atoms with Crippen LogP contribution in [0.25, 0.3) is 4.96 Å². The molecule has 0 N–H and O–H groups in total. The Bertz CT molecular complexity index is 694. The first-order valence-corrected chi connectivity index (χ1v) is 7.52. The van der Waals surface area contributed by atoms with Gasteiger partial charge in [0, 0.05) is 18.3 Å². The van der Waals surface area contributed by atoms with Crippen LogP contribution in [0.5, 0.6) is 0 Å². The maximum Gasteiger partial charge on any atom is 0.307 e. The second-order valence-corrected chi connectivity index (χ2v) is 5.76. The van der Waals surface area contributed by atoms with Gasteiger partial charge in [0.25, 0.3) is 5.56 Å². The molecule has 2 heterocycles. The van der Waals surface area contributed by atoms with E-state index in [2.05, 4.69) is 10.1 Å². The zero-order valence-corrected chi connectivity index (χ0v) is 13.1. The second kappa shape index (κ2) is 6.77. The zero-order valence-electron chi connectivity index (χ0n) is 12.3. The van der Waals surface area contributed by atoms with Gasteiger partial charge in [-0.15, -0.1) is 0 Å². The third-order valence-electron chi connectivity index (χ3n) is 2.82. The minimum Gasteiger partial charge on any atom is -0.466 e. The molecule has 0 spiro atoms. The number of fused-ring (bicyclic) bond motifs is 1. The van der Waals surface area contributed by atoms with Crippen LogP contribution in [-0.4, -0.2) is 45.7 Å². The first kappa shape index (κ1) is 15.6. The molecular weight excluding hydrogens is 292 g/mol. The largest absolute Gasteiger partial charge is 0.466 e. The standard InChI is InChI=1S/C13H18N4O3S/c1-4-20-12(19)5-6-16(3)8-10-15-17-11(18)7-9(2)14-13(17)21-10/h7H,4-6,8H2,1-3H3. The number of rotatable bonds is 6. The maximum atomic E-state index is 11.8. The predicted molar refractivity (Wildman–Crippen MR) is 79.5 cm³/mol. The van der Waals surface area contributed by atoms with Crippen LogP contribution >= 0.6 is 11.3 Å². The molecule has 0 saturated heterocycles. The third kappa shape index (κ3) is 4.08. The number of hydrogen-bond donors (Lipinski definition) is 0. The fourth-order valence-corrected chi connectivity index (χ4v) is 2.87. The van der Waals surface area contributed by atoms with Crippen molar-refractivity contribution in [2.75, 3.05) is 20.2 Å². The molecule has 0 unspecified atom stereocenters. The molecule has 2 rings (SSSR count). The molecule has 2 aromatic rings. The second-order valence-electron chi connectivity index (χ2n) is 4.72. The Kier molecular flexibility index (Phi) is 5.03. The smallest absolute Gasteiger partial charge is 0.307 e. The molecule has 0 amide bonds. The van der Waals surface area contributed by atoms with Crippen molar-refractivity contribution >= 4 is 22.3 Å². The molecule has 0 fully saturated rings. The van der Waals surface area contributed by atoms with Gasteiger partial charge in [-0.05, 0) is 20.9 Å². The molecule has 7 nitrogen and oxygen atoms in total. The van der Waals surface area contributed by atoms with E-state index in [4.69, 9.17) is 4.74 Å². The summed E-state index contributed by atoms with van der Waals surface area (Å²) in [5, 5.41) is 5.05. The summed E-state index contributed by atoms with van der Waals surface area (Å²) in [6.07, 6.45) is 0.340. The van der Waals surface area contributed by atoms with Crippen molar-refractivity contribution in [2.24, 2.45) is 0 Å². The summed E-state index contributed by atoms with van der Waals surface area (Å²) < 4.78 is 6.20. The van der Waals surface area contributed by atoms with E-state index in [1.54, 1.807) is 13.8 Å². The number of hydrogen-bond acceptors (Lipinski definition) is 7. The summed E-state index contributed by atoms with van der Waals surface area (Å²) in [5.74, 6) is -0.206. The highest BCUT2D eigenvalue weighted by molar-refractivity contribution is 7.16. The highest BCUT2D eigenvalue weighted by atomic mass is 32.1. The van der Waals surface area contributed by atoms with E-state index in [0.29, 0.717) is 36.8 Å². The monoisotopic (exact) mass is 310 g/mol. The fraction of sp³-hybridized carbons (Fsp3) is 0.538. The van der Waals surface area contributed by atoms with Gasteiger partial charge < -0.3 is 4.74 Å². The molecular formula is C13H18N4O3S. The summed E-state index contributed by atoms with van der Waals surface area (Å²) in [6, 6.07) is 1.46. The van der Waals surface area contributed by atoms with Crippen molar-refractivity contribution in [1.29, 1.82) is 0 Å². The van der Waals surface area contributed by atoms with Crippen molar-refractivity contribution in [3.63, 3.8) is 0 Å². The molecule has 8 heteroatoms. The number of esters is 1. The Morgan fingerprint density at radius 3 is 3.00 bits per heavy atom. The number of aromatic nitrogens is 3. The van der Waals surface area contributed by atoms with Crippen molar-refractivity contribution in [2.45, 2.75) is 26.8 Å². The van der Waals surface area contributed by atoms with Crippen LogP contribution in [0.3, 0.4) is 0 Å². The molecule has 0 aliphatic carbocycles. The van der Waals surface area contributed by atoms with Gasteiger partial charge >= 0.3 is 5.97 Å². The first-order valence-electron chi connectivity index (χ1n) is 6.70. The lowest BCUT2D eigenvalue weighted by molar-refractivity contribution is -0.143. The van der Waals surface area contributed by atoms with Gasteiger partial charge in [0.1, 0.15) is 5.01 Å². The molecule has 0 saturated carbocycles. The lowest BCUT2D eigenvalue weighted by atomic mass is 10.4. The van der Waals surface area contributed by atoms with Gasteiger partial charge in [-0.2, -0.15) is 9.61 Å². The van der Waals surface area contributed by atoms with Crippen LogP contribution < -0.4 is 5.56 Å². The van der Waals surface area contributed by atoms with Gasteiger partial charge in [0.15, 0.2) is 0 Å². The van der Waals surface area contributed by atoms with E-state index < -0.39 is 0 Å². The van der Waals surface area contributed by atoms with Gasteiger partial charge in [-0.25, -0.2) is 4.98 Å². The molecule has 0 atom stereocenters. The minimum atomic E-state index is -0.206. The van der Waals surface area contributed by atoms with Gasteiger partial charge in [0.05, 0.1) is 19.6 Å². The maximum absolute atomic E-state index is 11.8. The summed E-state index contributed by atoms with van der Waals surface area (Å²) in [7, 11) is 1.90. The van der Waals surface area contributed by atoms with Crippen LogP contribution in [-0.2, 0) is 16.1 Å². The first-order chi connectivity index (χ1) is 9.99. The number of aryl methyl sites for hydroxylation is 1. The number of ether oxygens (including phenoxy) is 1. The van der Waals surface area contributed by atoms with Crippen LogP contribution in [0, 0.1) is 6.92 Å². The van der Waals surface area contributed by atoms with Gasteiger partial charge in [-0.1, -0.05) is 11.3 Å². The van der Waals surface area contributed by atoms with E-state index in [-0.39, 0.29) is 11.5 Å². The topological polar surface area (TPSA) is 76.8 Å². The van der Waals surface area contributed by atoms with Crippen molar-refractivity contribution in [3.8, 4) is 0 Å². The minimum absolute atomic E-state index is 0.172. The van der Waals surface area contributed by atoms with Crippen LogP contribution in [0.4, 0.5) is 0 Å². The Morgan fingerprint density at radius 2 is 2.29 bits per heavy atom. The van der Waals surface area contributed by atoms with E-state index >= 15 is 0 Å². The molecule has 0 radical (unpaired) electrons. The molecule has 2 aromatic heterocycles. The normalized spacial score (nSPS) is 11.2. The number of nitrogens with zero attached hydrogens (tertiary/aromatic N) is 4. The Balaban J connectivity index is 2.01. The Labute approximate surface area is 126 Å². The molecule has 0 aromatic carbocycles. The van der Waals surface area contributed by atoms with E-state index in [1.165, 1.54) is 21.9 Å². The Morgan fingerprint density at radius 1 is 1.52 bits per heavy atom. The molecule has 0 bridgehead atoms. The van der Waals surface area contributed by atoms with Crippen LogP contribution in [0.15, 0.2) is 10.9 Å². The quantitative estimate of drug-likeness (QED) is 0.736. The zero-order chi connectivity index (χ0) is 15.4. The van der Waals surface area contributed by atoms with E-state index in [9.17, 15) is 9.59 Å². The summed E-state index contributed by atoms with van der Waals surface area (Å²) in [5.41, 5.74) is 0.514. The molecule has 0 aliphatic heterocycles. The van der Waals surface area contributed by atoms with Crippen molar-refractivity contribution in [1.82, 2.24) is 19.5 Å². The van der Waals surface area contributed by atoms with Crippen molar-refractivity contribution < 1.29 is 9.53 Å². The predicted octanol–water partition coefficient (Wildman–Crippen LogP) is 0.844. The molecule has 114 valence electrons. The number of carbonyl (C=O) groups is 1. The highest BCUT2D eigenvalue weighted by Crippen LogP contribution is 2.13. The summed E-state index contributed by atoms with van der Waals surface area (Å²) in [4.78, 5) is 29.9. The van der Waals surface area contributed by atoms with Gasteiger partial charge in [0.2, 0.25) is 4.96 Å². The lowest BCUT2D eigenvalue weighted by Gasteiger charge is -2.13. The third-order valence-corrected chi connectivity index (χ3v) is 3.72. The van der Waals surface area contributed by atoms with Crippen molar-refractivity contribution in [3.05, 3.63) is 27.1 Å². The average Bonchev–Trinajstić information content (AvgIpc) is 2.79. The van der Waals surface area contributed by atoms with E-state index in [1.807, 2.05) is 11.9 Å². The molecule has 0 aliphatic rings. The molecule has 21 heavy (non-hydrogen) atoms. The highest BCUT2D eigenvalue weighted by Gasteiger charge is 2.11.